The second kappa shape index (κ2) is 7.24. The van der Waals surface area contributed by atoms with Crippen molar-refractivity contribution < 1.29 is 5.11 Å². The molecule has 0 saturated heterocycles. The van der Waals surface area contributed by atoms with E-state index in [0.717, 1.165) is 18.7 Å². The van der Waals surface area contributed by atoms with Crippen LogP contribution >= 0.6 is 0 Å². The third-order valence-corrected chi connectivity index (χ3v) is 4.69. The smallest absolute Gasteiger partial charge is 0.0919 e. The van der Waals surface area contributed by atoms with Crippen LogP contribution in [0.15, 0.2) is 18.2 Å². The second-order valence-corrected chi connectivity index (χ2v) is 6.26. The number of aliphatic hydroxyl groups is 1. The maximum absolute atomic E-state index is 10.6. The van der Waals surface area contributed by atoms with Crippen LogP contribution in [-0.2, 0) is 0 Å². The van der Waals surface area contributed by atoms with Crippen molar-refractivity contribution in [1.82, 2.24) is 4.90 Å². The quantitative estimate of drug-likeness (QED) is 0.878. The predicted molar refractivity (Wildman–Crippen MR) is 85.0 cm³/mol. The first-order chi connectivity index (χ1) is 9.61. The Hall–Kier alpha value is -0.860. The van der Waals surface area contributed by atoms with Gasteiger partial charge in [0.15, 0.2) is 0 Å². The van der Waals surface area contributed by atoms with Gasteiger partial charge in [0.05, 0.1) is 6.10 Å². The molecule has 0 spiro atoms. The molecule has 0 bridgehead atoms. The molecule has 20 heavy (non-hydrogen) atoms. The molecule has 0 aliphatic heterocycles. The van der Waals surface area contributed by atoms with Crippen molar-refractivity contribution in [2.75, 3.05) is 13.1 Å². The highest BCUT2D eigenvalue weighted by atomic mass is 16.3. The van der Waals surface area contributed by atoms with E-state index >= 15 is 0 Å². The molecule has 1 aliphatic rings. The molecule has 2 heteroatoms. The van der Waals surface area contributed by atoms with Crippen molar-refractivity contribution in [2.45, 2.75) is 65.0 Å². The lowest BCUT2D eigenvalue weighted by atomic mass is 9.93. The van der Waals surface area contributed by atoms with Gasteiger partial charge in [-0.2, -0.15) is 0 Å². The lowest BCUT2D eigenvalue weighted by Crippen LogP contribution is -2.39. The van der Waals surface area contributed by atoms with Gasteiger partial charge in [0.25, 0.3) is 0 Å². The minimum atomic E-state index is -0.363. The highest BCUT2D eigenvalue weighted by Crippen LogP contribution is 2.26. The van der Waals surface area contributed by atoms with Crippen LogP contribution in [0.5, 0.6) is 0 Å². The van der Waals surface area contributed by atoms with Gasteiger partial charge in [0.1, 0.15) is 0 Å². The normalized spacial score (nSPS) is 18.4. The molecule has 1 unspecified atom stereocenters. The van der Waals surface area contributed by atoms with Gasteiger partial charge >= 0.3 is 0 Å². The summed E-state index contributed by atoms with van der Waals surface area (Å²) in [6.45, 7) is 8.22. The molecule has 0 heterocycles. The van der Waals surface area contributed by atoms with E-state index in [-0.39, 0.29) is 6.10 Å². The number of hydrogen-bond donors (Lipinski definition) is 1. The summed E-state index contributed by atoms with van der Waals surface area (Å²) in [4.78, 5) is 2.48. The van der Waals surface area contributed by atoms with Crippen molar-refractivity contribution in [3.05, 3.63) is 34.9 Å². The van der Waals surface area contributed by atoms with Crippen LogP contribution in [0, 0.1) is 13.8 Å². The number of rotatable bonds is 5. The van der Waals surface area contributed by atoms with Crippen molar-refractivity contribution in [3.63, 3.8) is 0 Å². The fraction of sp³-hybridized carbons (Fsp3) is 0.667. The van der Waals surface area contributed by atoms with Gasteiger partial charge in [-0.3, -0.25) is 4.90 Å². The average molecular weight is 275 g/mol. The molecular weight excluding hydrogens is 246 g/mol. The molecule has 1 aliphatic carbocycles. The largest absolute Gasteiger partial charge is 0.387 e. The van der Waals surface area contributed by atoms with Crippen LogP contribution in [0.4, 0.5) is 0 Å². The molecule has 1 aromatic carbocycles. The summed E-state index contributed by atoms with van der Waals surface area (Å²) in [6.07, 6.45) is 6.31. The molecule has 1 atom stereocenters. The fourth-order valence-electron chi connectivity index (χ4n) is 3.50. The van der Waals surface area contributed by atoms with Gasteiger partial charge in [0.2, 0.25) is 0 Å². The third kappa shape index (κ3) is 3.83. The predicted octanol–water partition coefficient (Wildman–Crippen LogP) is 3.99. The van der Waals surface area contributed by atoms with E-state index in [1.54, 1.807) is 0 Å². The SMILES string of the molecule is CCN(CC(O)c1ccc(C)cc1C)C1CCCCC1. The van der Waals surface area contributed by atoms with Crippen LogP contribution in [0.2, 0.25) is 0 Å². The molecule has 0 aromatic heterocycles. The maximum atomic E-state index is 10.6. The van der Waals surface area contributed by atoms with Gasteiger partial charge < -0.3 is 5.11 Å². The first-order valence-corrected chi connectivity index (χ1v) is 8.11. The average Bonchev–Trinajstić information content (AvgIpc) is 2.45. The van der Waals surface area contributed by atoms with Crippen LogP contribution in [-0.4, -0.2) is 29.1 Å². The molecule has 2 rings (SSSR count). The van der Waals surface area contributed by atoms with E-state index < -0.39 is 0 Å². The summed E-state index contributed by atoms with van der Waals surface area (Å²) in [6, 6.07) is 7.02. The summed E-state index contributed by atoms with van der Waals surface area (Å²) in [5.74, 6) is 0. The van der Waals surface area contributed by atoms with Gasteiger partial charge in [-0.15, -0.1) is 0 Å². The van der Waals surface area contributed by atoms with Crippen molar-refractivity contribution >= 4 is 0 Å². The molecule has 1 fully saturated rings. The van der Waals surface area contributed by atoms with Crippen LogP contribution in [0.25, 0.3) is 0 Å². The zero-order valence-corrected chi connectivity index (χ0v) is 13.2. The van der Waals surface area contributed by atoms with Gasteiger partial charge in [-0.05, 0) is 44.4 Å². The Labute approximate surface area is 123 Å². The Balaban J connectivity index is 2.02. The van der Waals surface area contributed by atoms with E-state index in [0.29, 0.717) is 6.04 Å². The highest BCUT2D eigenvalue weighted by molar-refractivity contribution is 5.32. The lowest BCUT2D eigenvalue weighted by molar-refractivity contribution is 0.0763. The molecular formula is C18H29NO. The Morgan fingerprint density at radius 1 is 1.20 bits per heavy atom. The number of hydrogen-bond acceptors (Lipinski definition) is 2. The van der Waals surface area contributed by atoms with E-state index in [1.165, 1.54) is 43.2 Å². The van der Waals surface area contributed by atoms with Gasteiger partial charge in [0, 0.05) is 12.6 Å². The van der Waals surface area contributed by atoms with Crippen LogP contribution < -0.4 is 0 Å². The maximum Gasteiger partial charge on any atom is 0.0919 e. The molecule has 2 nitrogen and oxygen atoms in total. The highest BCUT2D eigenvalue weighted by Gasteiger charge is 2.23. The number of benzene rings is 1. The Morgan fingerprint density at radius 3 is 2.50 bits per heavy atom. The number of aryl methyl sites for hydroxylation is 2. The topological polar surface area (TPSA) is 23.5 Å². The van der Waals surface area contributed by atoms with Crippen molar-refractivity contribution in [1.29, 1.82) is 0 Å². The summed E-state index contributed by atoms with van der Waals surface area (Å²) < 4.78 is 0. The van der Waals surface area contributed by atoms with Gasteiger partial charge in [-0.25, -0.2) is 0 Å². The monoisotopic (exact) mass is 275 g/mol. The number of nitrogens with zero attached hydrogens (tertiary/aromatic N) is 1. The Kier molecular flexibility index (Phi) is 5.62. The Morgan fingerprint density at radius 2 is 1.90 bits per heavy atom. The van der Waals surface area contributed by atoms with E-state index in [4.69, 9.17) is 0 Å². The van der Waals surface area contributed by atoms with Gasteiger partial charge in [-0.1, -0.05) is 49.9 Å². The third-order valence-electron chi connectivity index (χ3n) is 4.69. The molecule has 1 saturated carbocycles. The van der Waals surface area contributed by atoms with Crippen molar-refractivity contribution in [3.8, 4) is 0 Å². The second-order valence-electron chi connectivity index (χ2n) is 6.26. The summed E-state index contributed by atoms with van der Waals surface area (Å²) in [7, 11) is 0. The zero-order chi connectivity index (χ0) is 14.5. The standard InChI is InChI=1S/C18H29NO/c1-4-19(16-8-6-5-7-9-16)13-18(20)17-11-10-14(2)12-15(17)3/h10-12,16,18,20H,4-9,13H2,1-3H3. The summed E-state index contributed by atoms with van der Waals surface area (Å²) in [5, 5.41) is 10.6. The van der Waals surface area contributed by atoms with E-state index in [1.807, 2.05) is 0 Å². The summed E-state index contributed by atoms with van der Waals surface area (Å²) >= 11 is 0. The Bertz CT molecular complexity index is 423. The van der Waals surface area contributed by atoms with Crippen LogP contribution in [0.3, 0.4) is 0 Å². The number of likely N-dealkylation sites (N-methyl/N-ethyl adjacent to an activating group) is 1. The first-order valence-electron chi connectivity index (χ1n) is 8.11. The van der Waals surface area contributed by atoms with Crippen LogP contribution in [0.1, 0.15) is 61.8 Å². The first kappa shape index (κ1) is 15.5. The van der Waals surface area contributed by atoms with E-state index in [9.17, 15) is 5.11 Å². The zero-order valence-electron chi connectivity index (χ0n) is 13.2. The van der Waals surface area contributed by atoms with E-state index in [2.05, 4.69) is 43.9 Å². The lowest BCUT2D eigenvalue weighted by Gasteiger charge is -2.35. The number of aliphatic hydroxyl groups excluding tert-OH is 1. The van der Waals surface area contributed by atoms with Crippen molar-refractivity contribution in [2.24, 2.45) is 0 Å². The molecule has 0 amide bonds. The molecule has 1 N–H and O–H groups in total. The minimum Gasteiger partial charge on any atom is -0.387 e. The fourth-order valence-corrected chi connectivity index (χ4v) is 3.50. The summed E-state index contributed by atoms with van der Waals surface area (Å²) in [5.41, 5.74) is 3.56. The molecule has 1 aromatic rings. The molecule has 112 valence electrons. The minimum absolute atomic E-state index is 0.363. The molecule has 0 radical (unpaired) electrons.